The third-order valence-corrected chi connectivity index (χ3v) is 5.50. The highest BCUT2D eigenvalue weighted by molar-refractivity contribution is 4.86. The van der Waals surface area contributed by atoms with E-state index in [4.69, 9.17) is 0 Å². The normalized spacial score (nSPS) is 30.1. The fraction of sp³-hybridized carbons (Fsp3) is 1.00. The lowest BCUT2D eigenvalue weighted by atomic mass is 9.92. The predicted octanol–water partition coefficient (Wildman–Crippen LogP) is 2.82. The molecule has 124 valence electrons. The van der Waals surface area contributed by atoms with Crippen molar-refractivity contribution in [1.82, 2.24) is 15.1 Å². The van der Waals surface area contributed by atoms with Crippen molar-refractivity contribution in [2.75, 3.05) is 39.8 Å². The quantitative estimate of drug-likeness (QED) is 0.813. The van der Waals surface area contributed by atoms with Crippen molar-refractivity contribution in [2.24, 2.45) is 11.8 Å². The molecular formula is C18H37N3. The van der Waals surface area contributed by atoms with E-state index >= 15 is 0 Å². The average molecular weight is 296 g/mol. The fourth-order valence-corrected chi connectivity index (χ4v) is 4.03. The molecule has 2 fully saturated rings. The topological polar surface area (TPSA) is 18.5 Å². The third kappa shape index (κ3) is 5.54. The van der Waals surface area contributed by atoms with Crippen molar-refractivity contribution in [3.8, 4) is 0 Å². The molecule has 0 saturated carbocycles. The van der Waals surface area contributed by atoms with Gasteiger partial charge < -0.3 is 10.2 Å². The molecule has 0 aliphatic carbocycles. The van der Waals surface area contributed by atoms with Gasteiger partial charge in [0, 0.05) is 25.2 Å². The fourth-order valence-electron chi connectivity index (χ4n) is 4.03. The molecule has 0 aromatic rings. The molecule has 21 heavy (non-hydrogen) atoms. The Balaban J connectivity index is 1.77. The van der Waals surface area contributed by atoms with Crippen LogP contribution < -0.4 is 5.32 Å². The molecule has 1 N–H and O–H groups in total. The summed E-state index contributed by atoms with van der Waals surface area (Å²) in [6, 6.07) is 1.48. The van der Waals surface area contributed by atoms with Crippen LogP contribution >= 0.6 is 0 Å². The first-order valence-corrected chi connectivity index (χ1v) is 9.24. The molecule has 0 amide bonds. The summed E-state index contributed by atoms with van der Waals surface area (Å²) in [5, 5.41) is 3.78. The molecular weight excluding hydrogens is 258 g/mol. The lowest BCUT2D eigenvalue weighted by Gasteiger charge is -2.41. The Bertz CT molecular complexity index is 284. The summed E-state index contributed by atoms with van der Waals surface area (Å²) in [7, 11) is 2.26. The van der Waals surface area contributed by atoms with Crippen molar-refractivity contribution < 1.29 is 0 Å². The van der Waals surface area contributed by atoms with Gasteiger partial charge >= 0.3 is 0 Å². The summed E-state index contributed by atoms with van der Waals surface area (Å²) >= 11 is 0. The van der Waals surface area contributed by atoms with E-state index in [0.29, 0.717) is 6.04 Å². The molecule has 0 aromatic heterocycles. The predicted molar refractivity (Wildman–Crippen MR) is 91.7 cm³/mol. The second-order valence-corrected chi connectivity index (χ2v) is 7.83. The van der Waals surface area contributed by atoms with Crippen molar-refractivity contribution in [3.05, 3.63) is 0 Å². The SMILES string of the molecule is CCC1CNC(CC(C)C)CN1CCC1CCN(C)CC1. The van der Waals surface area contributed by atoms with Crippen LogP contribution in [-0.2, 0) is 0 Å². The zero-order valence-corrected chi connectivity index (χ0v) is 14.8. The van der Waals surface area contributed by atoms with Crippen LogP contribution in [0.2, 0.25) is 0 Å². The van der Waals surface area contributed by atoms with Crippen molar-refractivity contribution >= 4 is 0 Å². The first-order valence-electron chi connectivity index (χ1n) is 9.24. The van der Waals surface area contributed by atoms with Gasteiger partial charge in [0.25, 0.3) is 0 Å². The number of hydrogen-bond acceptors (Lipinski definition) is 3. The summed E-state index contributed by atoms with van der Waals surface area (Å²) in [4.78, 5) is 5.27. The third-order valence-electron chi connectivity index (χ3n) is 5.50. The van der Waals surface area contributed by atoms with Gasteiger partial charge in [-0.1, -0.05) is 20.8 Å². The first-order chi connectivity index (χ1) is 10.1. The molecule has 3 nitrogen and oxygen atoms in total. The van der Waals surface area contributed by atoms with Gasteiger partial charge in [-0.25, -0.2) is 0 Å². The lowest BCUT2D eigenvalue weighted by Crippen LogP contribution is -2.56. The highest BCUT2D eigenvalue weighted by Gasteiger charge is 2.27. The van der Waals surface area contributed by atoms with E-state index in [1.807, 2.05) is 0 Å². The Hall–Kier alpha value is -0.120. The van der Waals surface area contributed by atoms with Crippen LogP contribution in [0.3, 0.4) is 0 Å². The van der Waals surface area contributed by atoms with Crippen LogP contribution in [0.15, 0.2) is 0 Å². The zero-order valence-electron chi connectivity index (χ0n) is 14.8. The number of likely N-dealkylation sites (tertiary alicyclic amines) is 1. The maximum absolute atomic E-state index is 3.78. The molecule has 3 heteroatoms. The van der Waals surface area contributed by atoms with E-state index < -0.39 is 0 Å². The summed E-state index contributed by atoms with van der Waals surface area (Å²) in [5.41, 5.74) is 0. The smallest absolute Gasteiger partial charge is 0.0218 e. The van der Waals surface area contributed by atoms with Crippen molar-refractivity contribution in [1.29, 1.82) is 0 Å². The number of piperidine rings is 1. The van der Waals surface area contributed by atoms with Gasteiger partial charge in [0.2, 0.25) is 0 Å². The van der Waals surface area contributed by atoms with Crippen LogP contribution in [0.5, 0.6) is 0 Å². The van der Waals surface area contributed by atoms with Gasteiger partial charge in [-0.3, -0.25) is 4.90 Å². The Morgan fingerprint density at radius 3 is 2.52 bits per heavy atom. The van der Waals surface area contributed by atoms with Crippen LogP contribution in [0, 0.1) is 11.8 Å². The zero-order chi connectivity index (χ0) is 15.2. The van der Waals surface area contributed by atoms with E-state index in [-0.39, 0.29) is 0 Å². The highest BCUT2D eigenvalue weighted by atomic mass is 15.2. The van der Waals surface area contributed by atoms with E-state index in [0.717, 1.165) is 17.9 Å². The minimum absolute atomic E-state index is 0.713. The largest absolute Gasteiger partial charge is 0.311 e. The summed E-state index contributed by atoms with van der Waals surface area (Å²) in [6.07, 6.45) is 6.85. The Labute approximate surface area is 132 Å². The second-order valence-electron chi connectivity index (χ2n) is 7.83. The van der Waals surface area contributed by atoms with Gasteiger partial charge in [-0.2, -0.15) is 0 Å². The molecule has 2 heterocycles. The van der Waals surface area contributed by atoms with E-state index in [2.05, 4.69) is 42.9 Å². The van der Waals surface area contributed by atoms with Gasteiger partial charge in [0.15, 0.2) is 0 Å². The summed E-state index contributed by atoms with van der Waals surface area (Å²) in [5.74, 6) is 1.77. The second kappa shape index (κ2) is 8.50. The molecule has 0 aromatic carbocycles. The summed E-state index contributed by atoms with van der Waals surface area (Å²) in [6.45, 7) is 13.4. The maximum atomic E-state index is 3.78. The van der Waals surface area contributed by atoms with Crippen LogP contribution in [0.1, 0.15) is 52.9 Å². The molecule has 2 aliphatic heterocycles. The first kappa shape index (κ1) is 17.2. The van der Waals surface area contributed by atoms with Gasteiger partial charge in [0.05, 0.1) is 0 Å². The molecule has 0 spiro atoms. The molecule has 0 bridgehead atoms. The Morgan fingerprint density at radius 1 is 1.19 bits per heavy atom. The van der Waals surface area contributed by atoms with Crippen LogP contribution in [0.4, 0.5) is 0 Å². The van der Waals surface area contributed by atoms with Gasteiger partial charge in [0.1, 0.15) is 0 Å². The number of piperazine rings is 1. The van der Waals surface area contributed by atoms with E-state index in [1.54, 1.807) is 0 Å². The molecule has 2 unspecified atom stereocenters. The van der Waals surface area contributed by atoms with Gasteiger partial charge in [-0.05, 0) is 70.6 Å². The van der Waals surface area contributed by atoms with E-state index in [9.17, 15) is 0 Å². The molecule has 2 rings (SSSR count). The maximum Gasteiger partial charge on any atom is 0.0218 e. The molecule has 2 aliphatic rings. The molecule has 2 saturated heterocycles. The number of rotatable bonds is 6. The van der Waals surface area contributed by atoms with Crippen molar-refractivity contribution in [3.63, 3.8) is 0 Å². The Kier molecular flexibility index (Phi) is 6.97. The van der Waals surface area contributed by atoms with Crippen LogP contribution in [-0.4, -0.2) is 61.7 Å². The standard InChI is InChI=1S/C18H37N3/c1-5-18-13-19-17(12-15(2)3)14-21(18)11-8-16-6-9-20(4)10-7-16/h15-19H,5-14H2,1-4H3. The average Bonchev–Trinajstić information content (AvgIpc) is 2.46. The number of hydrogen-bond donors (Lipinski definition) is 1. The summed E-state index contributed by atoms with van der Waals surface area (Å²) < 4.78 is 0. The lowest BCUT2D eigenvalue weighted by molar-refractivity contribution is 0.103. The molecule has 0 radical (unpaired) electrons. The Morgan fingerprint density at radius 2 is 1.90 bits per heavy atom. The van der Waals surface area contributed by atoms with Crippen LogP contribution in [0.25, 0.3) is 0 Å². The number of nitrogens with one attached hydrogen (secondary N) is 1. The van der Waals surface area contributed by atoms with Gasteiger partial charge in [-0.15, -0.1) is 0 Å². The minimum Gasteiger partial charge on any atom is -0.311 e. The highest BCUT2D eigenvalue weighted by Crippen LogP contribution is 2.22. The van der Waals surface area contributed by atoms with Crippen molar-refractivity contribution in [2.45, 2.75) is 65.0 Å². The minimum atomic E-state index is 0.713. The monoisotopic (exact) mass is 295 g/mol. The van der Waals surface area contributed by atoms with E-state index in [1.165, 1.54) is 64.8 Å². The number of nitrogens with zero attached hydrogens (tertiary/aromatic N) is 2. The molecule has 2 atom stereocenters.